The molecular formula is C40H37ClFN5O5. The number of hydrogen-bond donors (Lipinski definition) is 1. The van der Waals surface area contributed by atoms with Gasteiger partial charge in [0.2, 0.25) is 0 Å². The molecule has 0 aliphatic carbocycles. The number of pyridine rings is 1. The molecule has 266 valence electrons. The average Bonchev–Trinajstić information content (AvgIpc) is 3.15. The Bertz CT molecular complexity index is 2330. The lowest BCUT2D eigenvalue weighted by Gasteiger charge is -2.30. The molecule has 0 bridgehead atoms. The number of amides is 1. The van der Waals surface area contributed by atoms with Gasteiger partial charge in [-0.2, -0.15) is 0 Å². The van der Waals surface area contributed by atoms with Crippen molar-refractivity contribution >= 4 is 45.1 Å². The number of benzene rings is 4. The zero-order chi connectivity index (χ0) is 36.2. The van der Waals surface area contributed by atoms with Crippen LogP contribution in [-0.2, 0) is 0 Å². The maximum Gasteiger partial charge on any atom is 0.287 e. The van der Waals surface area contributed by atoms with E-state index in [9.17, 15) is 9.59 Å². The van der Waals surface area contributed by atoms with Crippen molar-refractivity contribution in [2.24, 2.45) is 5.92 Å². The average molecular weight is 722 g/mol. The SMILES string of the molecule is COc1cc2c(Oc3ccc(NC(=O)c4nc5ccccc5n(-c5ccccc5Cl)c4=O)cc3F)ccnc2cc1OCCCN1CCC(C)CC1. The Morgan fingerprint density at radius 1 is 0.942 bits per heavy atom. The molecule has 7 rings (SSSR count). The number of rotatable bonds is 11. The molecule has 1 N–H and O–H groups in total. The quantitative estimate of drug-likeness (QED) is 0.133. The number of fused-ring (bicyclic) bond motifs is 2. The number of aromatic nitrogens is 3. The molecule has 3 heterocycles. The lowest BCUT2D eigenvalue weighted by Crippen LogP contribution is -2.34. The summed E-state index contributed by atoms with van der Waals surface area (Å²) < 4.78 is 34.6. The van der Waals surface area contributed by atoms with E-state index in [0.717, 1.165) is 38.0 Å². The van der Waals surface area contributed by atoms with Crippen LogP contribution in [0.2, 0.25) is 5.02 Å². The molecule has 1 amide bonds. The molecule has 2 aromatic heterocycles. The van der Waals surface area contributed by atoms with Crippen LogP contribution in [0.15, 0.2) is 95.9 Å². The lowest BCUT2D eigenvalue weighted by molar-refractivity contribution is 0.102. The Morgan fingerprint density at radius 3 is 2.52 bits per heavy atom. The molecule has 1 aliphatic rings. The van der Waals surface area contributed by atoms with E-state index >= 15 is 4.39 Å². The number of nitrogens with zero attached hydrogens (tertiary/aromatic N) is 4. The number of anilines is 1. The van der Waals surface area contributed by atoms with E-state index in [1.807, 2.05) is 0 Å². The second-order valence-electron chi connectivity index (χ2n) is 12.8. The lowest BCUT2D eigenvalue weighted by atomic mass is 9.99. The Labute approximate surface area is 304 Å². The molecule has 1 aliphatic heterocycles. The molecule has 0 radical (unpaired) electrons. The summed E-state index contributed by atoms with van der Waals surface area (Å²) >= 11 is 6.44. The van der Waals surface area contributed by atoms with Gasteiger partial charge < -0.3 is 24.4 Å². The van der Waals surface area contributed by atoms with E-state index in [0.29, 0.717) is 56.5 Å². The zero-order valence-corrected chi connectivity index (χ0v) is 29.5. The number of carbonyl (C=O) groups excluding carboxylic acids is 1. The van der Waals surface area contributed by atoms with Crippen LogP contribution in [0.3, 0.4) is 0 Å². The van der Waals surface area contributed by atoms with Crippen molar-refractivity contribution in [2.45, 2.75) is 26.2 Å². The number of piperidine rings is 1. The topological polar surface area (TPSA) is 108 Å². The van der Waals surface area contributed by atoms with Crippen LogP contribution in [-0.4, -0.2) is 58.7 Å². The highest BCUT2D eigenvalue weighted by molar-refractivity contribution is 6.32. The van der Waals surface area contributed by atoms with Gasteiger partial charge in [0.05, 0.1) is 41.0 Å². The van der Waals surface area contributed by atoms with Crippen molar-refractivity contribution in [1.82, 2.24) is 19.4 Å². The molecule has 52 heavy (non-hydrogen) atoms. The van der Waals surface area contributed by atoms with E-state index in [2.05, 4.69) is 27.1 Å². The smallest absolute Gasteiger partial charge is 0.287 e. The number of methoxy groups -OCH3 is 1. The van der Waals surface area contributed by atoms with Gasteiger partial charge in [-0.1, -0.05) is 42.8 Å². The molecule has 4 aromatic carbocycles. The number of ether oxygens (including phenoxy) is 3. The van der Waals surface area contributed by atoms with Gasteiger partial charge >= 0.3 is 0 Å². The Kier molecular flexibility index (Phi) is 10.3. The molecule has 0 unspecified atom stereocenters. The molecular weight excluding hydrogens is 685 g/mol. The Balaban J connectivity index is 1.07. The minimum absolute atomic E-state index is 0.0817. The van der Waals surface area contributed by atoms with E-state index in [4.69, 9.17) is 25.8 Å². The fourth-order valence-corrected chi connectivity index (χ4v) is 6.59. The van der Waals surface area contributed by atoms with Crippen molar-refractivity contribution in [3.05, 3.63) is 118 Å². The molecule has 12 heteroatoms. The maximum absolute atomic E-state index is 15.5. The minimum Gasteiger partial charge on any atom is -0.493 e. The van der Waals surface area contributed by atoms with E-state index in [1.54, 1.807) is 80.0 Å². The van der Waals surface area contributed by atoms with E-state index in [1.165, 1.54) is 29.5 Å². The van der Waals surface area contributed by atoms with Gasteiger partial charge in [-0.3, -0.25) is 19.1 Å². The summed E-state index contributed by atoms with van der Waals surface area (Å²) in [5.74, 6) is 0.591. The summed E-state index contributed by atoms with van der Waals surface area (Å²) in [6, 6.07) is 22.9. The third-order valence-corrected chi connectivity index (χ3v) is 9.54. The Morgan fingerprint density at radius 2 is 1.73 bits per heavy atom. The van der Waals surface area contributed by atoms with E-state index < -0.39 is 17.3 Å². The molecule has 0 saturated carbocycles. The molecule has 0 spiro atoms. The first kappa shape index (κ1) is 34.9. The second-order valence-corrected chi connectivity index (χ2v) is 13.2. The Hall–Kier alpha value is -5.52. The first-order chi connectivity index (χ1) is 25.3. The highest BCUT2D eigenvalue weighted by Crippen LogP contribution is 2.38. The van der Waals surface area contributed by atoms with Crippen LogP contribution in [0.25, 0.3) is 27.6 Å². The minimum atomic E-state index is -0.809. The predicted octanol–water partition coefficient (Wildman–Crippen LogP) is 8.28. The molecule has 6 aromatic rings. The zero-order valence-electron chi connectivity index (χ0n) is 28.8. The van der Waals surface area contributed by atoms with Crippen molar-refractivity contribution in [3.63, 3.8) is 0 Å². The van der Waals surface area contributed by atoms with Crippen molar-refractivity contribution in [3.8, 4) is 28.7 Å². The molecule has 10 nitrogen and oxygen atoms in total. The van der Waals surface area contributed by atoms with Crippen LogP contribution in [0.5, 0.6) is 23.0 Å². The number of carbonyl (C=O) groups is 1. The summed E-state index contributed by atoms with van der Waals surface area (Å²) in [5.41, 5.74) is 0.927. The normalized spacial score (nSPS) is 13.7. The summed E-state index contributed by atoms with van der Waals surface area (Å²) in [6.45, 7) is 6.08. The van der Waals surface area contributed by atoms with Gasteiger partial charge in [-0.25, -0.2) is 9.37 Å². The summed E-state index contributed by atoms with van der Waals surface area (Å²) in [7, 11) is 1.56. The number of likely N-dealkylation sites (tertiary alicyclic amines) is 1. The van der Waals surface area contributed by atoms with Crippen LogP contribution in [0, 0.1) is 11.7 Å². The highest BCUT2D eigenvalue weighted by Gasteiger charge is 2.21. The number of para-hydroxylation sites is 3. The van der Waals surface area contributed by atoms with E-state index in [-0.39, 0.29) is 17.1 Å². The van der Waals surface area contributed by atoms with Crippen LogP contribution < -0.4 is 25.1 Å². The fraction of sp³-hybridized carbons (Fsp3) is 0.250. The predicted molar refractivity (Wildman–Crippen MR) is 200 cm³/mol. The molecule has 1 fully saturated rings. The van der Waals surface area contributed by atoms with Crippen LogP contribution >= 0.6 is 11.6 Å². The van der Waals surface area contributed by atoms with Crippen molar-refractivity contribution in [2.75, 3.05) is 38.7 Å². The molecule has 1 saturated heterocycles. The van der Waals surface area contributed by atoms with Gasteiger partial charge in [-0.15, -0.1) is 0 Å². The number of hydrogen-bond acceptors (Lipinski definition) is 8. The van der Waals surface area contributed by atoms with Crippen LogP contribution in [0.4, 0.5) is 10.1 Å². The van der Waals surface area contributed by atoms with Gasteiger partial charge in [0.15, 0.2) is 28.8 Å². The van der Waals surface area contributed by atoms with Gasteiger partial charge in [0.25, 0.3) is 11.5 Å². The van der Waals surface area contributed by atoms with Gasteiger partial charge in [0, 0.05) is 35.9 Å². The summed E-state index contributed by atoms with van der Waals surface area (Å²) in [5, 5.41) is 3.52. The number of halogens is 2. The number of nitrogens with one attached hydrogen (secondary N) is 1. The first-order valence-corrected chi connectivity index (χ1v) is 17.5. The standard InChI is InChI=1S/C40H37ClFN5O5/c1-25-15-19-46(20-16-25)18-7-21-51-37-24-31-27(23-36(37)50-2)34(14-17-43-31)52-35-13-12-26(22-29(35)42)44-39(48)38-40(49)47(32-10-5-3-8-28(32)41)33-11-6-4-9-30(33)45-38/h3-6,8-14,17,22-25H,7,15-16,18-21H2,1-2H3,(H,44,48). The van der Waals surface area contributed by atoms with Crippen molar-refractivity contribution < 1.29 is 23.4 Å². The first-order valence-electron chi connectivity index (χ1n) is 17.2. The summed E-state index contributed by atoms with van der Waals surface area (Å²) in [6.07, 6.45) is 4.93. The monoisotopic (exact) mass is 721 g/mol. The van der Waals surface area contributed by atoms with Gasteiger partial charge in [-0.05, 0) is 86.8 Å². The van der Waals surface area contributed by atoms with Gasteiger partial charge in [0.1, 0.15) is 5.75 Å². The third kappa shape index (κ3) is 7.42. The van der Waals surface area contributed by atoms with Crippen molar-refractivity contribution in [1.29, 1.82) is 0 Å². The third-order valence-electron chi connectivity index (χ3n) is 9.22. The maximum atomic E-state index is 15.5. The fourth-order valence-electron chi connectivity index (χ4n) is 6.37. The largest absolute Gasteiger partial charge is 0.493 e. The van der Waals surface area contributed by atoms with Crippen LogP contribution in [0.1, 0.15) is 36.7 Å². The molecule has 0 atom stereocenters. The summed E-state index contributed by atoms with van der Waals surface area (Å²) in [4.78, 5) is 38.4. The highest BCUT2D eigenvalue weighted by atomic mass is 35.5. The second kappa shape index (κ2) is 15.4.